The van der Waals surface area contributed by atoms with Crippen molar-refractivity contribution in [1.29, 1.82) is 0 Å². The van der Waals surface area contributed by atoms with Crippen LogP contribution in [0.2, 0.25) is 0 Å². The van der Waals surface area contributed by atoms with Gasteiger partial charge in [-0.3, -0.25) is 4.79 Å². The number of nitrogens with one attached hydrogen (secondary N) is 1. The Balaban J connectivity index is 2.55. The Morgan fingerprint density at radius 2 is 1.85 bits per heavy atom. The summed E-state index contributed by atoms with van der Waals surface area (Å²) >= 11 is 0. The lowest BCUT2D eigenvalue weighted by Gasteiger charge is -2.16. The fourth-order valence-electron chi connectivity index (χ4n) is 1.96. The molecular weight excluding hydrogens is 278 g/mol. The Morgan fingerprint density at radius 1 is 1.25 bits per heavy atom. The Morgan fingerprint density at radius 3 is 2.40 bits per heavy atom. The first-order valence-electron chi connectivity index (χ1n) is 6.57. The summed E-state index contributed by atoms with van der Waals surface area (Å²) < 4.78 is 26.5. The minimum Gasteiger partial charge on any atom is -0.481 e. The summed E-state index contributed by atoms with van der Waals surface area (Å²) in [5, 5.41) is 8.58. The zero-order valence-corrected chi connectivity index (χ0v) is 12.6. The topological polar surface area (TPSA) is 83.5 Å². The molecule has 0 saturated heterocycles. The number of sulfonamides is 1. The van der Waals surface area contributed by atoms with Crippen LogP contribution in [0.4, 0.5) is 0 Å². The Bertz CT molecular complexity index is 527. The molecule has 0 bridgehead atoms. The molecule has 0 spiro atoms. The maximum atomic E-state index is 12.0. The van der Waals surface area contributed by atoms with E-state index in [0.717, 1.165) is 5.56 Å². The number of benzene rings is 1. The summed E-state index contributed by atoms with van der Waals surface area (Å²) in [4.78, 5) is 10.5. The minimum absolute atomic E-state index is 0.00553. The summed E-state index contributed by atoms with van der Waals surface area (Å²) in [5.74, 6) is -1.04. The molecule has 1 rings (SSSR count). The number of carboxylic acids is 1. The number of hydrogen-bond donors (Lipinski definition) is 2. The molecule has 0 fully saturated rings. The molecular formula is C14H21NO4S. The van der Waals surface area contributed by atoms with Gasteiger partial charge < -0.3 is 5.11 Å². The maximum Gasteiger partial charge on any atom is 0.303 e. The molecule has 5 nitrogen and oxygen atoms in total. The molecule has 0 aliphatic heterocycles. The molecule has 0 aromatic heterocycles. The Hall–Kier alpha value is -1.40. The summed E-state index contributed by atoms with van der Waals surface area (Å²) in [6.45, 7) is 3.53. The van der Waals surface area contributed by atoms with Gasteiger partial charge in [-0.1, -0.05) is 37.3 Å². The third-order valence-corrected chi connectivity index (χ3v) is 4.71. The highest BCUT2D eigenvalue weighted by atomic mass is 32.2. The molecule has 0 radical (unpaired) electrons. The van der Waals surface area contributed by atoms with Crippen molar-refractivity contribution in [3.8, 4) is 0 Å². The van der Waals surface area contributed by atoms with Gasteiger partial charge in [0.25, 0.3) is 0 Å². The normalized spacial score (nSPS) is 14.7. The molecule has 2 atom stereocenters. The van der Waals surface area contributed by atoms with E-state index in [2.05, 4.69) is 4.72 Å². The number of aliphatic carboxylic acids is 1. The molecule has 1 aromatic rings. The second-order valence-corrected chi connectivity index (χ2v) is 6.84. The van der Waals surface area contributed by atoms with Crippen LogP contribution in [-0.4, -0.2) is 31.3 Å². The quantitative estimate of drug-likeness (QED) is 0.768. The first kappa shape index (κ1) is 16.7. The fraction of sp³-hybridized carbons (Fsp3) is 0.500. The van der Waals surface area contributed by atoms with Crippen molar-refractivity contribution in [1.82, 2.24) is 4.72 Å². The predicted molar refractivity (Wildman–Crippen MR) is 78.1 cm³/mol. The van der Waals surface area contributed by atoms with Crippen LogP contribution in [0, 0.1) is 0 Å². The summed E-state index contributed by atoms with van der Waals surface area (Å²) in [6, 6.07) is 9.06. The summed E-state index contributed by atoms with van der Waals surface area (Å²) in [5.41, 5.74) is 0.969. The van der Waals surface area contributed by atoms with Gasteiger partial charge in [0.1, 0.15) is 0 Å². The molecule has 1 aromatic carbocycles. The predicted octanol–water partition coefficient (Wildman–Crippen LogP) is 1.96. The van der Waals surface area contributed by atoms with E-state index in [1.165, 1.54) is 0 Å². The Kier molecular flexibility index (Phi) is 6.16. The fourth-order valence-corrected chi connectivity index (χ4v) is 3.64. The minimum atomic E-state index is -3.42. The third-order valence-electron chi connectivity index (χ3n) is 3.01. The van der Waals surface area contributed by atoms with Crippen LogP contribution < -0.4 is 4.72 Å². The second-order valence-electron chi connectivity index (χ2n) is 5.04. The van der Waals surface area contributed by atoms with E-state index < -0.39 is 16.0 Å². The SMILES string of the molecule is CC(CCC(=O)O)NS(=O)(=O)CC(C)c1ccccc1. The third kappa shape index (κ3) is 6.16. The standard InChI is InChI=1S/C14H21NO4S/c1-11(13-6-4-3-5-7-13)10-20(18,19)15-12(2)8-9-14(16)17/h3-7,11-12,15H,8-10H2,1-2H3,(H,16,17). The molecule has 112 valence electrons. The van der Waals surface area contributed by atoms with Crippen molar-refractivity contribution in [2.75, 3.05) is 5.75 Å². The average Bonchev–Trinajstić information content (AvgIpc) is 2.36. The van der Waals surface area contributed by atoms with E-state index in [-0.39, 0.29) is 30.6 Å². The van der Waals surface area contributed by atoms with Crippen LogP contribution in [0.5, 0.6) is 0 Å². The lowest BCUT2D eigenvalue weighted by Crippen LogP contribution is -2.35. The first-order valence-corrected chi connectivity index (χ1v) is 8.22. The van der Waals surface area contributed by atoms with Crippen LogP contribution in [0.1, 0.15) is 38.2 Å². The first-order chi connectivity index (χ1) is 9.30. The lowest BCUT2D eigenvalue weighted by atomic mass is 10.0. The molecule has 0 heterocycles. The van der Waals surface area contributed by atoms with Crippen LogP contribution in [0.15, 0.2) is 30.3 Å². The lowest BCUT2D eigenvalue weighted by molar-refractivity contribution is -0.137. The molecule has 6 heteroatoms. The van der Waals surface area contributed by atoms with Crippen molar-refractivity contribution in [2.24, 2.45) is 0 Å². The van der Waals surface area contributed by atoms with Crippen LogP contribution in [0.3, 0.4) is 0 Å². The number of rotatable bonds is 8. The number of carbonyl (C=O) groups is 1. The van der Waals surface area contributed by atoms with Gasteiger partial charge in [0.05, 0.1) is 5.75 Å². The van der Waals surface area contributed by atoms with E-state index in [9.17, 15) is 13.2 Å². The number of carboxylic acid groups (broad SMARTS) is 1. The van der Waals surface area contributed by atoms with Gasteiger partial charge in [0.2, 0.25) is 10.0 Å². The molecule has 20 heavy (non-hydrogen) atoms. The van der Waals surface area contributed by atoms with Crippen LogP contribution in [-0.2, 0) is 14.8 Å². The molecule has 0 amide bonds. The zero-order valence-electron chi connectivity index (χ0n) is 11.7. The Labute approximate surface area is 120 Å². The van der Waals surface area contributed by atoms with E-state index in [1.807, 2.05) is 37.3 Å². The van der Waals surface area contributed by atoms with Gasteiger partial charge in [-0.05, 0) is 24.8 Å². The van der Waals surface area contributed by atoms with Gasteiger partial charge in [0.15, 0.2) is 0 Å². The van der Waals surface area contributed by atoms with Crippen LogP contribution in [0.25, 0.3) is 0 Å². The highest BCUT2D eigenvalue weighted by Crippen LogP contribution is 2.16. The van der Waals surface area contributed by atoms with Crippen molar-refractivity contribution < 1.29 is 18.3 Å². The molecule has 2 N–H and O–H groups in total. The van der Waals surface area contributed by atoms with Crippen molar-refractivity contribution in [3.05, 3.63) is 35.9 Å². The van der Waals surface area contributed by atoms with Crippen molar-refractivity contribution in [2.45, 2.75) is 38.6 Å². The highest BCUT2D eigenvalue weighted by Gasteiger charge is 2.19. The molecule has 0 aliphatic carbocycles. The maximum absolute atomic E-state index is 12.0. The second kappa shape index (κ2) is 7.40. The highest BCUT2D eigenvalue weighted by molar-refractivity contribution is 7.89. The van der Waals surface area contributed by atoms with E-state index >= 15 is 0 Å². The van der Waals surface area contributed by atoms with E-state index in [1.54, 1.807) is 6.92 Å². The molecule has 0 saturated carbocycles. The monoisotopic (exact) mass is 299 g/mol. The van der Waals surface area contributed by atoms with Crippen LogP contribution >= 0.6 is 0 Å². The number of hydrogen-bond acceptors (Lipinski definition) is 3. The summed E-state index contributed by atoms with van der Waals surface area (Å²) in [6.07, 6.45) is 0.242. The zero-order chi connectivity index (χ0) is 15.2. The average molecular weight is 299 g/mol. The van der Waals surface area contributed by atoms with Gasteiger partial charge in [0, 0.05) is 12.5 Å². The van der Waals surface area contributed by atoms with Gasteiger partial charge in [-0.2, -0.15) is 0 Å². The van der Waals surface area contributed by atoms with Gasteiger partial charge in [-0.25, -0.2) is 13.1 Å². The van der Waals surface area contributed by atoms with Crippen molar-refractivity contribution >= 4 is 16.0 Å². The molecule has 2 unspecified atom stereocenters. The molecule has 0 aliphatic rings. The van der Waals surface area contributed by atoms with E-state index in [0.29, 0.717) is 0 Å². The smallest absolute Gasteiger partial charge is 0.303 e. The van der Waals surface area contributed by atoms with Crippen molar-refractivity contribution in [3.63, 3.8) is 0 Å². The van der Waals surface area contributed by atoms with E-state index in [4.69, 9.17) is 5.11 Å². The van der Waals surface area contributed by atoms with Gasteiger partial charge >= 0.3 is 5.97 Å². The largest absolute Gasteiger partial charge is 0.481 e. The van der Waals surface area contributed by atoms with Gasteiger partial charge in [-0.15, -0.1) is 0 Å². The summed E-state index contributed by atoms with van der Waals surface area (Å²) in [7, 11) is -3.42.